The Bertz CT molecular complexity index is 841. The topological polar surface area (TPSA) is 75.6 Å². The van der Waals surface area contributed by atoms with Gasteiger partial charge in [0.05, 0.1) is 11.8 Å². The number of halogens is 1. The summed E-state index contributed by atoms with van der Waals surface area (Å²) >= 11 is 0. The van der Waals surface area contributed by atoms with E-state index in [2.05, 4.69) is 5.32 Å². The third kappa shape index (κ3) is 3.97. The van der Waals surface area contributed by atoms with Crippen LogP contribution in [-0.4, -0.2) is 17.1 Å². The molecule has 0 aliphatic heterocycles. The van der Waals surface area contributed by atoms with Crippen molar-refractivity contribution in [3.63, 3.8) is 0 Å². The molecular weight excluding hydrogens is 325 g/mol. The predicted octanol–water partition coefficient (Wildman–Crippen LogP) is 3.92. The Kier molecular flexibility index (Phi) is 5.00. The zero-order valence-corrected chi connectivity index (χ0v) is 13.6. The van der Waals surface area contributed by atoms with Crippen molar-refractivity contribution < 1.29 is 23.1 Å². The number of aliphatic hydroxyl groups is 1. The van der Waals surface area contributed by atoms with Crippen molar-refractivity contribution >= 4 is 5.91 Å². The van der Waals surface area contributed by atoms with Gasteiger partial charge in [0.15, 0.2) is 5.76 Å². The van der Waals surface area contributed by atoms with Gasteiger partial charge in [-0.2, -0.15) is 0 Å². The lowest BCUT2D eigenvalue weighted by Crippen LogP contribution is -2.33. The first kappa shape index (κ1) is 17.0. The highest BCUT2D eigenvalue weighted by Crippen LogP contribution is 2.25. The molecule has 6 heteroatoms. The molecule has 2 atom stereocenters. The third-order valence-corrected chi connectivity index (χ3v) is 3.80. The minimum absolute atomic E-state index is 0.0811. The van der Waals surface area contributed by atoms with Crippen LogP contribution in [0.15, 0.2) is 63.6 Å². The summed E-state index contributed by atoms with van der Waals surface area (Å²) in [6.07, 6.45) is 0.963. The fourth-order valence-electron chi connectivity index (χ4n) is 2.55. The molecule has 0 aliphatic carbocycles. The largest absolute Gasteiger partial charge is 0.467 e. The molecule has 0 radical (unpaired) electrons. The van der Waals surface area contributed by atoms with E-state index in [1.165, 1.54) is 18.4 Å². The van der Waals surface area contributed by atoms with Crippen LogP contribution >= 0.6 is 0 Å². The van der Waals surface area contributed by atoms with E-state index in [1.54, 1.807) is 43.3 Å². The van der Waals surface area contributed by atoms with E-state index < -0.39 is 17.8 Å². The van der Waals surface area contributed by atoms with Crippen molar-refractivity contribution in [3.05, 3.63) is 72.1 Å². The summed E-state index contributed by atoms with van der Waals surface area (Å²) in [7, 11) is 0. The fraction of sp³-hybridized carbons (Fsp3) is 0.211. The molecule has 130 valence electrons. The fourth-order valence-corrected chi connectivity index (χ4v) is 2.55. The van der Waals surface area contributed by atoms with E-state index in [-0.39, 0.29) is 17.6 Å². The SMILES string of the molecule is CC(CC(O)c1ccco1)NC(=O)c1ccc(-c2ccccc2F)o1. The number of carbonyl (C=O) groups is 1. The number of benzene rings is 1. The smallest absolute Gasteiger partial charge is 0.287 e. The van der Waals surface area contributed by atoms with Crippen LogP contribution in [0.3, 0.4) is 0 Å². The summed E-state index contributed by atoms with van der Waals surface area (Å²) in [6, 6.07) is 12.3. The summed E-state index contributed by atoms with van der Waals surface area (Å²) < 4.78 is 24.4. The monoisotopic (exact) mass is 343 g/mol. The Labute approximate surface area is 144 Å². The second kappa shape index (κ2) is 7.36. The van der Waals surface area contributed by atoms with Crippen molar-refractivity contribution in [2.24, 2.45) is 0 Å². The summed E-state index contributed by atoms with van der Waals surface area (Å²) in [5.74, 6) is -0.0365. The van der Waals surface area contributed by atoms with Crippen LogP contribution in [0.4, 0.5) is 4.39 Å². The third-order valence-electron chi connectivity index (χ3n) is 3.80. The molecular formula is C19H18FNO4. The van der Waals surface area contributed by atoms with Gasteiger partial charge in [0.25, 0.3) is 5.91 Å². The number of hydrogen-bond acceptors (Lipinski definition) is 4. The second-order valence-electron chi connectivity index (χ2n) is 5.79. The number of carbonyl (C=O) groups excluding carboxylic acids is 1. The maximum atomic E-state index is 13.8. The van der Waals surface area contributed by atoms with Crippen LogP contribution < -0.4 is 5.32 Å². The molecule has 2 heterocycles. The zero-order valence-electron chi connectivity index (χ0n) is 13.6. The lowest BCUT2D eigenvalue weighted by molar-refractivity contribution is 0.0877. The Hall–Kier alpha value is -2.86. The highest BCUT2D eigenvalue weighted by Gasteiger charge is 2.19. The molecule has 2 N–H and O–H groups in total. The van der Waals surface area contributed by atoms with Crippen LogP contribution in [0, 0.1) is 5.82 Å². The summed E-state index contributed by atoms with van der Waals surface area (Å²) in [4.78, 5) is 12.2. The molecule has 0 bridgehead atoms. The van der Waals surface area contributed by atoms with E-state index in [0.717, 1.165) is 0 Å². The number of aliphatic hydroxyl groups excluding tert-OH is 1. The predicted molar refractivity (Wildman–Crippen MR) is 89.3 cm³/mol. The number of amides is 1. The van der Waals surface area contributed by atoms with Gasteiger partial charge >= 0.3 is 0 Å². The Morgan fingerprint density at radius 2 is 2.00 bits per heavy atom. The zero-order chi connectivity index (χ0) is 17.8. The molecule has 3 aromatic rings. The molecule has 0 saturated heterocycles. The molecule has 1 aromatic carbocycles. The molecule has 0 fully saturated rings. The maximum absolute atomic E-state index is 13.8. The number of rotatable bonds is 6. The van der Waals surface area contributed by atoms with Crippen molar-refractivity contribution in [3.8, 4) is 11.3 Å². The quantitative estimate of drug-likeness (QED) is 0.711. The second-order valence-corrected chi connectivity index (χ2v) is 5.79. The van der Waals surface area contributed by atoms with Gasteiger partial charge in [-0.1, -0.05) is 12.1 Å². The van der Waals surface area contributed by atoms with Gasteiger partial charge in [-0.05, 0) is 43.3 Å². The summed E-state index contributed by atoms with van der Waals surface area (Å²) in [5.41, 5.74) is 0.294. The highest BCUT2D eigenvalue weighted by atomic mass is 19.1. The van der Waals surface area contributed by atoms with Crippen molar-refractivity contribution in [2.75, 3.05) is 0 Å². The molecule has 25 heavy (non-hydrogen) atoms. The lowest BCUT2D eigenvalue weighted by Gasteiger charge is -2.15. The van der Waals surface area contributed by atoms with Crippen LogP contribution in [0.2, 0.25) is 0 Å². The number of nitrogens with one attached hydrogen (secondary N) is 1. The number of furan rings is 2. The normalized spacial score (nSPS) is 13.4. The molecule has 2 aromatic heterocycles. The van der Waals surface area contributed by atoms with Crippen LogP contribution in [0.1, 0.15) is 35.8 Å². The van der Waals surface area contributed by atoms with Gasteiger partial charge in [-0.25, -0.2) is 4.39 Å². The molecule has 0 saturated carbocycles. The van der Waals surface area contributed by atoms with E-state index in [9.17, 15) is 14.3 Å². The number of hydrogen-bond donors (Lipinski definition) is 2. The van der Waals surface area contributed by atoms with Crippen LogP contribution in [-0.2, 0) is 0 Å². The average molecular weight is 343 g/mol. The van der Waals surface area contributed by atoms with E-state index in [4.69, 9.17) is 8.83 Å². The minimum atomic E-state index is -0.809. The van der Waals surface area contributed by atoms with Gasteiger partial charge in [-0.15, -0.1) is 0 Å². The highest BCUT2D eigenvalue weighted by molar-refractivity contribution is 5.92. The molecule has 1 amide bonds. The maximum Gasteiger partial charge on any atom is 0.287 e. The summed E-state index contributed by atoms with van der Waals surface area (Å²) in [5, 5.41) is 12.8. The summed E-state index contributed by atoms with van der Waals surface area (Å²) in [6.45, 7) is 1.77. The lowest BCUT2D eigenvalue weighted by atomic mass is 10.1. The van der Waals surface area contributed by atoms with E-state index in [1.807, 2.05) is 0 Å². The Morgan fingerprint density at radius 1 is 1.20 bits per heavy atom. The van der Waals surface area contributed by atoms with Crippen molar-refractivity contribution in [1.29, 1.82) is 0 Å². The van der Waals surface area contributed by atoms with Gasteiger partial charge in [0, 0.05) is 12.5 Å². The van der Waals surface area contributed by atoms with Crippen molar-refractivity contribution in [1.82, 2.24) is 5.32 Å². The molecule has 2 unspecified atom stereocenters. The minimum Gasteiger partial charge on any atom is -0.467 e. The Balaban J connectivity index is 1.63. The van der Waals surface area contributed by atoms with Gasteiger partial charge in [0.2, 0.25) is 0 Å². The van der Waals surface area contributed by atoms with Gasteiger partial charge in [-0.3, -0.25) is 4.79 Å². The van der Waals surface area contributed by atoms with Gasteiger partial charge < -0.3 is 19.3 Å². The molecule has 0 aliphatic rings. The van der Waals surface area contributed by atoms with Crippen LogP contribution in [0.5, 0.6) is 0 Å². The van der Waals surface area contributed by atoms with E-state index >= 15 is 0 Å². The standard InChI is InChI=1S/C19H18FNO4/c1-12(11-15(22)17-7-4-10-24-17)21-19(23)18-9-8-16(25-18)13-5-2-3-6-14(13)20/h2-10,12,15,22H,11H2,1H3,(H,21,23). The van der Waals surface area contributed by atoms with Crippen LogP contribution in [0.25, 0.3) is 11.3 Å². The van der Waals surface area contributed by atoms with Gasteiger partial charge in [0.1, 0.15) is 23.4 Å². The first-order chi connectivity index (χ1) is 12.0. The van der Waals surface area contributed by atoms with E-state index in [0.29, 0.717) is 17.7 Å². The average Bonchev–Trinajstić information content (AvgIpc) is 3.27. The molecule has 0 spiro atoms. The first-order valence-electron chi connectivity index (χ1n) is 7.91. The molecule has 3 rings (SSSR count). The first-order valence-corrected chi connectivity index (χ1v) is 7.91. The van der Waals surface area contributed by atoms with Crippen molar-refractivity contribution in [2.45, 2.75) is 25.5 Å². The molecule has 5 nitrogen and oxygen atoms in total. The Morgan fingerprint density at radius 3 is 2.72 bits per heavy atom.